The van der Waals surface area contributed by atoms with Gasteiger partial charge in [0.25, 0.3) is 0 Å². The molecule has 3 N–H and O–H groups in total. The average molecular weight is 289 g/mol. The maximum absolute atomic E-state index is 11.5. The molecule has 1 aromatic rings. The molecule has 1 aromatic heterocycles. The molecule has 1 rings (SSSR count). The van der Waals surface area contributed by atoms with Crippen LogP contribution in [0, 0.1) is 0 Å². The minimum atomic E-state index is -1.10. The Bertz CT molecular complexity index is 487. The van der Waals surface area contributed by atoms with Crippen LogP contribution in [0.1, 0.15) is 25.2 Å². The summed E-state index contributed by atoms with van der Waals surface area (Å²) in [6, 6.07) is -1.52. The zero-order valence-corrected chi connectivity index (χ0v) is 11.8. The molecule has 1 unspecified atom stereocenters. The van der Waals surface area contributed by atoms with Crippen LogP contribution in [-0.2, 0) is 24.8 Å². The predicted molar refractivity (Wildman–Crippen MR) is 70.1 cm³/mol. The summed E-state index contributed by atoms with van der Waals surface area (Å²) in [7, 11) is 1.74. The van der Waals surface area contributed by atoms with Gasteiger partial charge in [0, 0.05) is 7.05 Å². The number of hydrogen-bond acceptors (Lipinski definition) is 3. The number of carbonyl (C=O) groups excluding carboxylic acids is 1. The molecular formula is C11H17ClN4O3. The number of nitrogens with zero attached hydrogens (tertiary/aromatic N) is 2. The van der Waals surface area contributed by atoms with Gasteiger partial charge in [0.15, 0.2) is 0 Å². The number of halogens is 1. The van der Waals surface area contributed by atoms with Gasteiger partial charge in [-0.25, -0.2) is 4.79 Å². The lowest BCUT2D eigenvalue weighted by Gasteiger charge is -2.11. The fraction of sp³-hybridized carbons (Fsp3) is 0.545. The molecule has 0 saturated carbocycles. The highest BCUT2D eigenvalue weighted by molar-refractivity contribution is 6.31. The van der Waals surface area contributed by atoms with Crippen molar-refractivity contribution in [2.75, 3.05) is 0 Å². The van der Waals surface area contributed by atoms with Gasteiger partial charge in [-0.2, -0.15) is 5.10 Å². The van der Waals surface area contributed by atoms with Crippen molar-refractivity contribution in [3.8, 4) is 0 Å². The zero-order chi connectivity index (χ0) is 14.6. The monoisotopic (exact) mass is 288 g/mol. The number of rotatable bonds is 5. The second kappa shape index (κ2) is 6.42. The van der Waals surface area contributed by atoms with Crippen molar-refractivity contribution in [3.63, 3.8) is 0 Å². The first-order valence-electron chi connectivity index (χ1n) is 5.84. The average Bonchev–Trinajstić information content (AvgIpc) is 2.61. The van der Waals surface area contributed by atoms with Crippen LogP contribution in [-0.4, -0.2) is 32.9 Å². The van der Waals surface area contributed by atoms with E-state index in [0.29, 0.717) is 17.1 Å². The van der Waals surface area contributed by atoms with Gasteiger partial charge in [-0.15, -0.1) is 0 Å². The first-order valence-corrected chi connectivity index (χ1v) is 6.22. The number of aromatic nitrogens is 2. The number of aliphatic carboxylic acids is 1. The number of amides is 2. The molecule has 1 atom stereocenters. The van der Waals surface area contributed by atoms with E-state index in [0.717, 1.165) is 5.69 Å². The van der Waals surface area contributed by atoms with E-state index in [9.17, 15) is 9.59 Å². The van der Waals surface area contributed by atoms with E-state index in [1.807, 2.05) is 6.92 Å². The van der Waals surface area contributed by atoms with Crippen molar-refractivity contribution in [1.29, 1.82) is 0 Å². The summed E-state index contributed by atoms with van der Waals surface area (Å²) in [5, 5.41) is 18.2. The fourth-order valence-electron chi connectivity index (χ4n) is 1.49. The number of hydrogen-bond donors (Lipinski definition) is 3. The quantitative estimate of drug-likeness (QED) is 0.750. The maximum atomic E-state index is 11.5. The van der Waals surface area contributed by atoms with E-state index in [4.69, 9.17) is 16.7 Å². The number of carboxylic acids is 1. The van der Waals surface area contributed by atoms with Gasteiger partial charge in [0.05, 0.1) is 23.0 Å². The van der Waals surface area contributed by atoms with Crippen LogP contribution in [0.4, 0.5) is 4.79 Å². The second-order valence-electron chi connectivity index (χ2n) is 4.07. The van der Waals surface area contributed by atoms with E-state index in [1.54, 1.807) is 11.7 Å². The normalized spacial score (nSPS) is 12.0. The Hall–Kier alpha value is -1.76. The van der Waals surface area contributed by atoms with Gasteiger partial charge in [-0.3, -0.25) is 9.48 Å². The topological polar surface area (TPSA) is 96.3 Å². The summed E-state index contributed by atoms with van der Waals surface area (Å²) in [6.45, 7) is 3.50. The Balaban J connectivity index is 2.60. The van der Waals surface area contributed by atoms with Gasteiger partial charge in [-0.1, -0.05) is 18.5 Å². The lowest BCUT2D eigenvalue weighted by Crippen LogP contribution is -2.44. The molecular weight excluding hydrogens is 272 g/mol. The molecule has 0 bridgehead atoms. The van der Waals surface area contributed by atoms with Crippen molar-refractivity contribution in [2.45, 2.75) is 32.9 Å². The number of aryl methyl sites for hydroxylation is 2. The molecule has 0 aliphatic heterocycles. The largest absolute Gasteiger partial charge is 0.480 e. The Labute approximate surface area is 115 Å². The van der Waals surface area contributed by atoms with Gasteiger partial charge < -0.3 is 15.7 Å². The van der Waals surface area contributed by atoms with Gasteiger partial charge in [-0.05, 0) is 13.3 Å². The Kier molecular flexibility index (Phi) is 5.17. The third-order valence-corrected chi connectivity index (χ3v) is 3.07. The minimum absolute atomic E-state index is 0.181. The predicted octanol–water partition coefficient (Wildman–Crippen LogP) is 0.908. The summed E-state index contributed by atoms with van der Waals surface area (Å²) in [4.78, 5) is 22.1. The lowest BCUT2D eigenvalue weighted by molar-refractivity contribution is -0.138. The lowest BCUT2D eigenvalue weighted by atomic mass is 10.3. The van der Waals surface area contributed by atoms with Crippen molar-refractivity contribution in [2.24, 2.45) is 7.05 Å². The van der Waals surface area contributed by atoms with Crippen LogP contribution < -0.4 is 10.6 Å². The molecule has 0 aliphatic carbocycles. The highest BCUT2D eigenvalue weighted by atomic mass is 35.5. The first-order chi connectivity index (χ1) is 8.86. The Morgan fingerprint density at radius 3 is 2.63 bits per heavy atom. The third-order valence-electron chi connectivity index (χ3n) is 2.64. The van der Waals surface area contributed by atoms with Gasteiger partial charge in [0.1, 0.15) is 6.04 Å². The minimum Gasteiger partial charge on any atom is -0.480 e. The van der Waals surface area contributed by atoms with Crippen molar-refractivity contribution >= 4 is 23.6 Å². The molecule has 8 heteroatoms. The highest BCUT2D eigenvalue weighted by Gasteiger charge is 2.16. The number of carbonyl (C=O) groups is 2. The van der Waals surface area contributed by atoms with Gasteiger partial charge in [0.2, 0.25) is 0 Å². The Morgan fingerprint density at radius 1 is 1.53 bits per heavy atom. The molecule has 7 nitrogen and oxygen atoms in total. The SMILES string of the molecule is CCc1nn(C)c(CNC(=O)NC(C)C(=O)O)c1Cl. The van der Waals surface area contributed by atoms with E-state index in [-0.39, 0.29) is 6.54 Å². The summed E-state index contributed by atoms with van der Waals surface area (Å²) in [5.74, 6) is -1.10. The molecule has 2 amide bonds. The standard InChI is InChI=1S/C11H17ClN4O3/c1-4-7-9(12)8(16(3)15-7)5-13-11(19)14-6(2)10(17)18/h6H,4-5H2,1-3H3,(H,17,18)(H2,13,14,19). The van der Waals surface area contributed by atoms with E-state index < -0.39 is 18.0 Å². The molecule has 0 fully saturated rings. The summed E-state index contributed by atoms with van der Waals surface area (Å²) in [5.41, 5.74) is 1.44. The molecule has 1 heterocycles. The second-order valence-corrected chi connectivity index (χ2v) is 4.45. The zero-order valence-electron chi connectivity index (χ0n) is 11.0. The van der Waals surface area contributed by atoms with Crippen LogP contribution in [0.25, 0.3) is 0 Å². The number of carboxylic acid groups (broad SMARTS) is 1. The highest BCUT2D eigenvalue weighted by Crippen LogP contribution is 2.20. The molecule has 0 saturated heterocycles. The maximum Gasteiger partial charge on any atom is 0.325 e. The van der Waals surface area contributed by atoms with E-state index in [2.05, 4.69) is 15.7 Å². The summed E-state index contributed by atoms with van der Waals surface area (Å²) in [6.07, 6.45) is 0.703. The molecule has 19 heavy (non-hydrogen) atoms. The molecule has 0 aliphatic rings. The smallest absolute Gasteiger partial charge is 0.325 e. The fourth-order valence-corrected chi connectivity index (χ4v) is 1.85. The third kappa shape index (κ3) is 3.85. The van der Waals surface area contributed by atoms with Crippen molar-refractivity contribution < 1.29 is 14.7 Å². The number of urea groups is 1. The van der Waals surface area contributed by atoms with E-state index in [1.165, 1.54) is 6.92 Å². The number of nitrogens with one attached hydrogen (secondary N) is 2. The van der Waals surface area contributed by atoms with Crippen LogP contribution in [0.2, 0.25) is 5.02 Å². The first kappa shape index (κ1) is 15.3. The van der Waals surface area contributed by atoms with Crippen LogP contribution in [0.3, 0.4) is 0 Å². The van der Waals surface area contributed by atoms with Gasteiger partial charge >= 0.3 is 12.0 Å². The Morgan fingerprint density at radius 2 is 2.16 bits per heavy atom. The molecule has 0 aromatic carbocycles. The van der Waals surface area contributed by atoms with Crippen LogP contribution in [0.15, 0.2) is 0 Å². The summed E-state index contributed by atoms with van der Waals surface area (Å²) < 4.78 is 1.60. The molecule has 106 valence electrons. The van der Waals surface area contributed by atoms with Crippen LogP contribution >= 0.6 is 11.6 Å². The summed E-state index contributed by atoms with van der Waals surface area (Å²) >= 11 is 6.12. The van der Waals surface area contributed by atoms with E-state index >= 15 is 0 Å². The van der Waals surface area contributed by atoms with Crippen LogP contribution in [0.5, 0.6) is 0 Å². The van der Waals surface area contributed by atoms with Crippen molar-refractivity contribution in [1.82, 2.24) is 20.4 Å². The molecule has 0 radical (unpaired) electrons. The molecule has 0 spiro atoms. The van der Waals surface area contributed by atoms with Crippen molar-refractivity contribution in [3.05, 3.63) is 16.4 Å².